The van der Waals surface area contributed by atoms with Crippen LogP contribution in [-0.2, 0) is 19.5 Å². The predicted octanol–water partition coefficient (Wildman–Crippen LogP) is 1.32. The second kappa shape index (κ2) is 9.76. The molecule has 0 bridgehead atoms. The summed E-state index contributed by atoms with van der Waals surface area (Å²) in [5.41, 5.74) is -0.320. The molecule has 200 valence electrons. The van der Waals surface area contributed by atoms with E-state index in [0.29, 0.717) is 11.5 Å². The van der Waals surface area contributed by atoms with Crippen molar-refractivity contribution in [2.45, 2.75) is 51.2 Å². The van der Waals surface area contributed by atoms with Crippen LogP contribution in [0.4, 0.5) is 4.79 Å². The topological polar surface area (TPSA) is 168 Å². The largest absolute Gasteiger partial charge is 0.507 e. The third-order valence-corrected chi connectivity index (χ3v) is 7.53. The molecule has 1 saturated heterocycles. The van der Waals surface area contributed by atoms with Crippen LogP contribution in [0.5, 0.6) is 5.75 Å². The van der Waals surface area contributed by atoms with Crippen molar-refractivity contribution in [1.82, 2.24) is 29.2 Å². The molecule has 1 unspecified atom stereocenters. The molecule has 14 heteroatoms. The van der Waals surface area contributed by atoms with E-state index in [1.54, 1.807) is 34.6 Å². The smallest absolute Gasteiger partial charge is 0.407 e. The molecule has 2 aromatic heterocycles. The number of aromatic amines is 1. The molecule has 1 amide bonds. The molecule has 3 N–H and O–H groups in total. The summed E-state index contributed by atoms with van der Waals surface area (Å²) in [6.07, 6.45) is -1.21. The number of carbonyl (C=O) groups is 1. The molecule has 1 aliphatic heterocycles. The Balaban J connectivity index is 1.58. The predicted molar refractivity (Wildman–Crippen MR) is 133 cm³/mol. The summed E-state index contributed by atoms with van der Waals surface area (Å²) in [7, 11) is -4.01. The molecular formula is C23H30N6O7S. The summed E-state index contributed by atoms with van der Waals surface area (Å²) in [5, 5.41) is 17.4. The van der Waals surface area contributed by atoms with Crippen LogP contribution in [0, 0.1) is 13.8 Å². The van der Waals surface area contributed by atoms with Gasteiger partial charge in [0, 0.05) is 19.6 Å². The summed E-state index contributed by atoms with van der Waals surface area (Å²) in [6.45, 7) is 8.90. The standard InChI is InChI=1S/C23H30N6O7S/c1-13-19-21(31)26-20(27-29(19)14(2)25-13)17-10-16(6-7-18(17)30)37(33,34)28-8-9-35-15(12-28)11-24-22(32)36-23(3,4)5/h6-7,10,15,30H,8-9,11-12H2,1-5H3,(H,24,32)(H,26,27,31). The second-order valence-electron chi connectivity index (χ2n) is 9.73. The Bertz CT molecular complexity index is 1510. The number of imidazole rings is 1. The first kappa shape index (κ1) is 26.6. The molecule has 0 radical (unpaired) electrons. The second-order valence-corrected chi connectivity index (χ2v) is 11.7. The minimum atomic E-state index is -4.01. The van der Waals surface area contributed by atoms with Crippen LogP contribution in [-0.4, -0.2) is 81.5 Å². The number of morpholine rings is 1. The third kappa shape index (κ3) is 5.60. The number of ether oxygens (including phenoxy) is 2. The molecule has 0 aliphatic carbocycles. The van der Waals surface area contributed by atoms with Crippen LogP contribution in [0.3, 0.4) is 0 Å². The number of alkyl carbamates (subject to hydrolysis) is 1. The summed E-state index contributed by atoms with van der Waals surface area (Å²) in [4.78, 5) is 31.4. The lowest BCUT2D eigenvalue weighted by Crippen LogP contribution is -2.49. The van der Waals surface area contributed by atoms with E-state index in [0.717, 1.165) is 0 Å². The summed E-state index contributed by atoms with van der Waals surface area (Å²) in [6, 6.07) is 3.78. The van der Waals surface area contributed by atoms with Gasteiger partial charge in [-0.1, -0.05) is 0 Å². The monoisotopic (exact) mass is 534 g/mol. The average Bonchev–Trinajstić information content (AvgIpc) is 3.10. The van der Waals surface area contributed by atoms with Gasteiger partial charge in [-0.25, -0.2) is 22.7 Å². The Morgan fingerprint density at radius 1 is 1.32 bits per heavy atom. The van der Waals surface area contributed by atoms with Crippen molar-refractivity contribution in [1.29, 1.82) is 0 Å². The lowest BCUT2D eigenvalue weighted by molar-refractivity contribution is -0.00357. The van der Waals surface area contributed by atoms with E-state index in [1.807, 2.05) is 0 Å². The number of benzene rings is 1. The lowest BCUT2D eigenvalue weighted by atomic mass is 10.2. The molecule has 37 heavy (non-hydrogen) atoms. The SMILES string of the molecule is Cc1nc(C)n2nc(-c3cc(S(=O)(=O)N4CCOC(CNC(=O)OC(C)(C)C)C4)ccc3O)[nH]c(=O)c12. The van der Waals surface area contributed by atoms with Gasteiger partial charge in [-0.15, -0.1) is 5.10 Å². The number of hydrogen-bond donors (Lipinski definition) is 3. The maximum Gasteiger partial charge on any atom is 0.407 e. The zero-order valence-electron chi connectivity index (χ0n) is 21.2. The van der Waals surface area contributed by atoms with Crippen molar-refractivity contribution in [2.75, 3.05) is 26.2 Å². The Labute approximate surface area is 213 Å². The molecule has 1 aliphatic rings. The highest BCUT2D eigenvalue weighted by molar-refractivity contribution is 7.89. The van der Waals surface area contributed by atoms with Gasteiger partial charge in [0.15, 0.2) is 11.3 Å². The lowest BCUT2D eigenvalue weighted by Gasteiger charge is -2.32. The van der Waals surface area contributed by atoms with E-state index in [-0.39, 0.29) is 53.8 Å². The Hall–Kier alpha value is -3.49. The van der Waals surface area contributed by atoms with Crippen molar-refractivity contribution in [3.63, 3.8) is 0 Å². The Morgan fingerprint density at radius 3 is 2.76 bits per heavy atom. The number of hydrogen-bond acceptors (Lipinski definition) is 9. The fraction of sp³-hybridized carbons (Fsp3) is 0.478. The number of nitrogens with zero attached hydrogens (tertiary/aromatic N) is 4. The van der Waals surface area contributed by atoms with E-state index in [2.05, 4.69) is 20.4 Å². The molecule has 4 rings (SSSR count). The summed E-state index contributed by atoms with van der Waals surface area (Å²) >= 11 is 0. The number of phenols is 1. The van der Waals surface area contributed by atoms with Gasteiger partial charge in [0.25, 0.3) is 5.56 Å². The van der Waals surface area contributed by atoms with Crippen LogP contribution >= 0.6 is 0 Å². The number of H-pyrrole nitrogens is 1. The van der Waals surface area contributed by atoms with Crippen LogP contribution in [0.2, 0.25) is 0 Å². The quantitative estimate of drug-likeness (QED) is 0.437. The molecular weight excluding hydrogens is 504 g/mol. The number of aromatic hydroxyl groups is 1. The fourth-order valence-electron chi connectivity index (χ4n) is 4.01. The van der Waals surface area contributed by atoms with Crippen LogP contribution < -0.4 is 10.9 Å². The molecule has 1 fully saturated rings. The first-order chi connectivity index (χ1) is 17.3. The number of phenolic OH excluding ortho intramolecular Hbond substituents is 1. The van der Waals surface area contributed by atoms with Gasteiger partial charge in [0.05, 0.1) is 28.9 Å². The molecule has 0 spiro atoms. The summed E-state index contributed by atoms with van der Waals surface area (Å²) < 4.78 is 40.3. The minimum absolute atomic E-state index is 0.00287. The zero-order chi connectivity index (χ0) is 27.1. The van der Waals surface area contributed by atoms with Crippen molar-refractivity contribution < 1.29 is 27.8 Å². The number of aryl methyl sites for hydroxylation is 2. The van der Waals surface area contributed by atoms with E-state index in [9.17, 15) is 23.1 Å². The highest BCUT2D eigenvalue weighted by Gasteiger charge is 2.32. The van der Waals surface area contributed by atoms with Crippen LogP contribution in [0.1, 0.15) is 32.3 Å². The normalized spacial score (nSPS) is 17.2. The maximum atomic E-state index is 13.5. The van der Waals surface area contributed by atoms with E-state index in [4.69, 9.17) is 9.47 Å². The maximum absolute atomic E-state index is 13.5. The average molecular weight is 535 g/mol. The van der Waals surface area contributed by atoms with Crippen molar-refractivity contribution >= 4 is 21.6 Å². The molecule has 0 saturated carbocycles. The van der Waals surface area contributed by atoms with Gasteiger partial charge in [-0.3, -0.25) is 4.79 Å². The van der Waals surface area contributed by atoms with Gasteiger partial charge in [-0.05, 0) is 52.8 Å². The number of nitrogens with one attached hydrogen (secondary N) is 2. The summed E-state index contributed by atoms with van der Waals surface area (Å²) in [5.74, 6) is 0.216. The third-order valence-electron chi connectivity index (χ3n) is 5.67. The molecule has 13 nitrogen and oxygen atoms in total. The van der Waals surface area contributed by atoms with Gasteiger partial charge < -0.3 is 24.9 Å². The number of sulfonamides is 1. The van der Waals surface area contributed by atoms with Gasteiger partial charge >= 0.3 is 6.09 Å². The number of amides is 1. The van der Waals surface area contributed by atoms with Crippen molar-refractivity contribution in [2.24, 2.45) is 0 Å². The number of carbonyl (C=O) groups excluding carboxylic acids is 1. The number of rotatable bonds is 5. The minimum Gasteiger partial charge on any atom is -0.507 e. The Morgan fingerprint density at radius 2 is 2.05 bits per heavy atom. The van der Waals surface area contributed by atoms with Crippen molar-refractivity contribution in [3.05, 3.63) is 40.1 Å². The Kier molecular flexibility index (Phi) is 7.01. The van der Waals surface area contributed by atoms with E-state index >= 15 is 0 Å². The van der Waals surface area contributed by atoms with E-state index < -0.39 is 33.4 Å². The van der Waals surface area contributed by atoms with Crippen molar-refractivity contribution in [3.8, 4) is 17.1 Å². The number of fused-ring (bicyclic) bond motifs is 1. The highest BCUT2D eigenvalue weighted by atomic mass is 32.2. The van der Waals surface area contributed by atoms with E-state index in [1.165, 1.54) is 27.0 Å². The van der Waals surface area contributed by atoms with Crippen LogP contribution in [0.25, 0.3) is 16.9 Å². The molecule has 3 aromatic rings. The van der Waals surface area contributed by atoms with Gasteiger partial charge in [0.1, 0.15) is 17.2 Å². The molecule has 1 aromatic carbocycles. The molecule has 1 atom stereocenters. The van der Waals surface area contributed by atoms with Gasteiger partial charge in [-0.2, -0.15) is 4.31 Å². The van der Waals surface area contributed by atoms with Crippen LogP contribution in [0.15, 0.2) is 27.9 Å². The fourth-order valence-corrected chi connectivity index (χ4v) is 5.50. The van der Waals surface area contributed by atoms with Gasteiger partial charge in [0.2, 0.25) is 10.0 Å². The highest BCUT2D eigenvalue weighted by Crippen LogP contribution is 2.30. The first-order valence-electron chi connectivity index (χ1n) is 11.6. The first-order valence-corrected chi connectivity index (χ1v) is 13.1. The molecule has 3 heterocycles. The number of aromatic nitrogens is 4. The zero-order valence-corrected chi connectivity index (χ0v) is 22.0.